The van der Waals surface area contributed by atoms with E-state index in [1.807, 2.05) is 12.1 Å². The van der Waals surface area contributed by atoms with Crippen LogP contribution in [0.15, 0.2) is 36.7 Å². The first-order valence-corrected chi connectivity index (χ1v) is 9.46. The SMILES string of the molecule is NC1CC(c2cc(N3CCCN(Cc4ccc(F)cc4)CC3)ncn2)C1. The number of hydrogen-bond donors (Lipinski definition) is 1. The Labute approximate surface area is 154 Å². The number of benzene rings is 1. The van der Waals surface area contributed by atoms with E-state index in [2.05, 4.69) is 25.8 Å². The highest BCUT2D eigenvalue weighted by Gasteiger charge is 2.29. The maximum absolute atomic E-state index is 13.1. The molecule has 2 aromatic rings. The van der Waals surface area contributed by atoms with Gasteiger partial charge in [0.05, 0.1) is 0 Å². The topological polar surface area (TPSA) is 58.3 Å². The van der Waals surface area contributed by atoms with E-state index in [0.717, 1.165) is 69.1 Å². The highest BCUT2D eigenvalue weighted by molar-refractivity contribution is 5.40. The summed E-state index contributed by atoms with van der Waals surface area (Å²) >= 11 is 0. The van der Waals surface area contributed by atoms with Crippen molar-refractivity contribution in [1.82, 2.24) is 14.9 Å². The highest BCUT2D eigenvalue weighted by atomic mass is 19.1. The molecule has 1 aromatic carbocycles. The lowest BCUT2D eigenvalue weighted by molar-refractivity contribution is 0.285. The van der Waals surface area contributed by atoms with Gasteiger partial charge in [0, 0.05) is 56.4 Å². The summed E-state index contributed by atoms with van der Waals surface area (Å²) in [6, 6.07) is 9.29. The van der Waals surface area contributed by atoms with E-state index in [0.29, 0.717) is 12.0 Å². The van der Waals surface area contributed by atoms with E-state index >= 15 is 0 Å². The molecular weight excluding hydrogens is 329 g/mol. The summed E-state index contributed by atoms with van der Waals surface area (Å²) < 4.78 is 13.1. The van der Waals surface area contributed by atoms with E-state index < -0.39 is 0 Å². The fourth-order valence-electron chi connectivity index (χ4n) is 3.87. The van der Waals surface area contributed by atoms with E-state index in [1.165, 1.54) is 12.1 Å². The van der Waals surface area contributed by atoms with Crippen LogP contribution in [0.25, 0.3) is 0 Å². The average Bonchev–Trinajstić information content (AvgIpc) is 2.87. The Balaban J connectivity index is 1.37. The molecule has 1 aromatic heterocycles. The van der Waals surface area contributed by atoms with Crippen molar-refractivity contribution in [2.75, 3.05) is 31.1 Å². The predicted octanol–water partition coefficient (Wildman–Crippen LogP) is 2.53. The third-order valence-corrected chi connectivity index (χ3v) is 5.50. The van der Waals surface area contributed by atoms with Crippen LogP contribution in [0.4, 0.5) is 10.2 Å². The van der Waals surface area contributed by atoms with Crippen molar-refractivity contribution in [2.24, 2.45) is 5.73 Å². The highest BCUT2D eigenvalue weighted by Crippen LogP contribution is 2.35. The molecule has 0 amide bonds. The second kappa shape index (κ2) is 7.68. The van der Waals surface area contributed by atoms with Crippen LogP contribution in [0.3, 0.4) is 0 Å². The lowest BCUT2D eigenvalue weighted by atomic mass is 9.78. The fraction of sp³-hybridized carbons (Fsp3) is 0.500. The van der Waals surface area contributed by atoms with Gasteiger partial charge in [-0.05, 0) is 37.0 Å². The van der Waals surface area contributed by atoms with E-state index in [-0.39, 0.29) is 5.82 Å². The van der Waals surface area contributed by atoms with Gasteiger partial charge in [-0.1, -0.05) is 12.1 Å². The molecular formula is C20H26FN5. The van der Waals surface area contributed by atoms with Gasteiger partial charge in [-0.25, -0.2) is 14.4 Å². The Hall–Kier alpha value is -2.05. The summed E-state index contributed by atoms with van der Waals surface area (Å²) in [5.74, 6) is 1.34. The molecule has 0 unspecified atom stereocenters. The van der Waals surface area contributed by atoms with E-state index in [1.54, 1.807) is 6.33 Å². The lowest BCUT2D eigenvalue weighted by Crippen LogP contribution is -2.35. The Bertz CT molecular complexity index is 729. The second-order valence-electron chi connectivity index (χ2n) is 7.47. The monoisotopic (exact) mass is 355 g/mol. The molecule has 2 heterocycles. The minimum atomic E-state index is -0.178. The molecule has 1 aliphatic carbocycles. The molecule has 0 bridgehead atoms. The third kappa shape index (κ3) is 4.02. The maximum Gasteiger partial charge on any atom is 0.132 e. The maximum atomic E-state index is 13.1. The number of halogens is 1. The van der Waals surface area contributed by atoms with Crippen LogP contribution < -0.4 is 10.6 Å². The van der Waals surface area contributed by atoms with Gasteiger partial charge in [0.25, 0.3) is 0 Å². The lowest BCUT2D eigenvalue weighted by Gasteiger charge is -2.32. The number of hydrogen-bond acceptors (Lipinski definition) is 5. The summed E-state index contributed by atoms with van der Waals surface area (Å²) in [5, 5.41) is 0. The summed E-state index contributed by atoms with van der Waals surface area (Å²) in [5.41, 5.74) is 8.20. The normalized spacial score (nSPS) is 24.2. The van der Waals surface area contributed by atoms with Gasteiger partial charge >= 0.3 is 0 Å². The fourth-order valence-corrected chi connectivity index (χ4v) is 3.87. The smallest absolute Gasteiger partial charge is 0.132 e. The van der Waals surface area contributed by atoms with Crippen molar-refractivity contribution >= 4 is 5.82 Å². The second-order valence-corrected chi connectivity index (χ2v) is 7.47. The van der Waals surface area contributed by atoms with Crippen molar-refractivity contribution in [2.45, 2.75) is 37.8 Å². The Morgan fingerprint density at radius 1 is 1.04 bits per heavy atom. The summed E-state index contributed by atoms with van der Waals surface area (Å²) in [4.78, 5) is 13.8. The summed E-state index contributed by atoms with van der Waals surface area (Å²) in [6.07, 6.45) is 4.84. The molecule has 4 rings (SSSR count). The first-order valence-electron chi connectivity index (χ1n) is 9.46. The average molecular weight is 355 g/mol. The molecule has 0 radical (unpaired) electrons. The first kappa shape index (κ1) is 17.4. The Kier molecular flexibility index (Phi) is 5.13. The Morgan fingerprint density at radius 2 is 1.85 bits per heavy atom. The number of aromatic nitrogens is 2. The predicted molar refractivity (Wildman–Crippen MR) is 100 cm³/mol. The van der Waals surface area contributed by atoms with Crippen LogP contribution in [-0.4, -0.2) is 47.1 Å². The number of anilines is 1. The number of nitrogens with zero attached hydrogens (tertiary/aromatic N) is 4. The largest absolute Gasteiger partial charge is 0.355 e. The molecule has 2 fully saturated rings. The third-order valence-electron chi connectivity index (χ3n) is 5.50. The summed E-state index contributed by atoms with van der Waals surface area (Å²) in [6.45, 7) is 4.83. The molecule has 0 atom stereocenters. The molecule has 138 valence electrons. The van der Waals surface area contributed by atoms with Gasteiger partial charge in [-0.3, -0.25) is 4.90 Å². The molecule has 1 saturated heterocycles. The van der Waals surface area contributed by atoms with Crippen molar-refractivity contribution in [3.05, 3.63) is 53.7 Å². The van der Waals surface area contributed by atoms with Crippen LogP contribution in [-0.2, 0) is 6.54 Å². The van der Waals surface area contributed by atoms with Crippen LogP contribution in [0, 0.1) is 5.82 Å². The van der Waals surface area contributed by atoms with Crippen molar-refractivity contribution in [3.8, 4) is 0 Å². The Morgan fingerprint density at radius 3 is 2.62 bits per heavy atom. The summed E-state index contributed by atoms with van der Waals surface area (Å²) in [7, 11) is 0. The molecule has 5 nitrogen and oxygen atoms in total. The molecule has 26 heavy (non-hydrogen) atoms. The zero-order valence-corrected chi connectivity index (χ0v) is 15.0. The van der Waals surface area contributed by atoms with Crippen LogP contribution in [0.1, 0.15) is 36.4 Å². The van der Waals surface area contributed by atoms with Crippen LogP contribution in [0.5, 0.6) is 0 Å². The van der Waals surface area contributed by atoms with Gasteiger partial charge < -0.3 is 10.6 Å². The van der Waals surface area contributed by atoms with Gasteiger partial charge in [-0.2, -0.15) is 0 Å². The van der Waals surface area contributed by atoms with Gasteiger partial charge in [0.15, 0.2) is 0 Å². The van der Waals surface area contributed by atoms with E-state index in [9.17, 15) is 4.39 Å². The number of nitrogens with two attached hydrogens (primary N) is 1. The van der Waals surface area contributed by atoms with E-state index in [4.69, 9.17) is 5.73 Å². The van der Waals surface area contributed by atoms with Gasteiger partial charge in [0.1, 0.15) is 18.0 Å². The van der Waals surface area contributed by atoms with Gasteiger partial charge in [0.2, 0.25) is 0 Å². The molecule has 1 aliphatic heterocycles. The van der Waals surface area contributed by atoms with Crippen LogP contribution in [0.2, 0.25) is 0 Å². The molecule has 2 N–H and O–H groups in total. The first-order chi connectivity index (χ1) is 12.7. The molecule has 2 aliphatic rings. The van der Waals surface area contributed by atoms with Crippen molar-refractivity contribution in [3.63, 3.8) is 0 Å². The quantitative estimate of drug-likeness (QED) is 0.913. The molecule has 6 heteroatoms. The van der Waals surface area contributed by atoms with Crippen molar-refractivity contribution < 1.29 is 4.39 Å². The van der Waals surface area contributed by atoms with Crippen LogP contribution >= 0.6 is 0 Å². The molecule has 0 spiro atoms. The zero-order valence-electron chi connectivity index (χ0n) is 15.0. The van der Waals surface area contributed by atoms with Gasteiger partial charge in [-0.15, -0.1) is 0 Å². The standard InChI is InChI=1S/C20H26FN5/c21-17-4-2-15(3-5-17)13-25-6-1-7-26(9-8-25)20-12-19(23-14-24-20)16-10-18(22)11-16/h2-5,12,14,16,18H,1,6-11,13,22H2. The number of rotatable bonds is 4. The minimum Gasteiger partial charge on any atom is -0.355 e. The molecule has 1 saturated carbocycles. The van der Waals surface area contributed by atoms with Crippen molar-refractivity contribution in [1.29, 1.82) is 0 Å². The zero-order chi connectivity index (χ0) is 17.9. The minimum absolute atomic E-state index is 0.178.